The number of benzene rings is 1. The van der Waals surface area contributed by atoms with Crippen LogP contribution < -0.4 is 5.73 Å². The van der Waals surface area contributed by atoms with E-state index >= 15 is 0 Å². The fraction of sp³-hybridized carbons (Fsp3) is 0.462. The van der Waals surface area contributed by atoms with Crippen molar-refractivity contribution in [3.8, 4) is 5.75 Å². The first-order valence-corrected chi connectivity index (χ1v) is 6.40. The first kappa shape index (κ1) is 13.2. The van der Waals surface area contributed by atoms with Crippen molar-refractivity contribution in [1.29, 1.82) is 0 Å². The van der Waals surface area contributed by atoms with Crippen molar-refractivity contribution in [2.75, 3.05) is 13.1 Å². The largest absolute Gasteiger partial charge is 0.507 e. The molecule has 3 N–H and O–H groups in total. The summed E-state index contributed by atoms with van der Waals surface area (Å²) in [6.07, 6.45) is 0.883. The van der Waals surface area contributed by atoms with Gasteiger partial charge in [-0.1, -0.05) is 18.5 Å². The third-order valence-electron chi connectivity index (χ3n) is 3.49. The maximum absolute atomic E-state index is 12.3. The summed E-state index contributed by atoms with van der Waals surface area (Å²) in [5.41, 5.74) is 6.21. The Balaban J connectivity index is 2.19. The predicted molar refractivity (Wildman–Crippen MR) is 70.8 cm³/mol. The Morgan fingerprint density at radius 3 is 2.94 bits per heavy atom. The molecular weight excluding hydrogens is 252 g/mol. The molecule has 0 saturated carbocycles. The fourth-order valence-electron chi connectivity index (χ4n) is 2.13. The van der Waals surface area contributed by atoms with Crippen LogP contribution in [0.3, 0.4) is 0 Å². The molecule has 2 atom stereocenters. The van der Waals surface area contributed by atoms with Crippen LogP contribution in [-0.2, 0) is 0 Å². The monoisotopic (exact) mass is 268 g/mol. The molecule has 1 aromatic rings. The van der Waals surface area contributed by atoms with Crippen LogP contribution in [-0.4, -0.2) is 35.0 Å². The molecule has 18 heavy (non-hydrogen) atoms. The highest BCUT2D eigenvalue weighted by molar-refractivity contribution is 6.31. The normalized spacial score (nSPS) is 24.1. The predicted octanol–water partition coefficient (Wildman–Crippen LogP) is 1.85. The van der Waals surface area contributed by atoms with Gasteiger partial charge >= 0.3 is 0 Å². The number of nitrogens with zero attached hydrogens (tertiary/aromatic N) is 1. The number of hydrogen-bond acceptors (Lipinski definition) is 3. The van der Waals surface area contributed by atoms with Gasteiger partial charge in [-0.15, -0.1) is 0 Å². The molecule has 4 nitrogen and oxygen atoms in total. The number of likely N-dealkylation sites (tertiary alicyclic amines) is 1. The SMILES string of the molecule is CC1CCN(C(=O)c2cc(Cl)ccc2O)CC1N. The van der Waals surface area contributed by atoms with E-state index in [4.69, 9.17) is 17.3 Å². The number of rotatable bonds is 1. The standard InChI is InChI=1S/C13H17ClN2O2/c1-8-4-5-16(7-11(8)15)13(18)10-6-9(14)2-3-12(10)17/h2-3,6,8,11,17H,4-5,7,15H2,1H3. The van der Waals surface area contributed by atoms with E-state index in [9.17, 15) is 9.90 Å². The Labute approximate surface area is 111 Å². The average Bonchev–Trinajstić information content (AvgIpc) is 2.35. The third kappa shape index (κ3) is 2.60. The van der Waals surface area contributed by atoms with E-state index in [1.807, 2.05) is 0 Å². The summed E-state index contributed by atoms with van der Waals surface area (Å²) in [4.78, 5) is 14.0. The molecule has 0 aliphatic carbocycles. The number of amides is 1. The molecule has 0 radical (unpaired) electrons. The molecule has 0 spiro atoms. The maximum atomic E-state index is 12.3. The van der Waals surface area contributed by atoms with E-state index in [2.05, 4.69) is 6.92 Å². The van der Waals surface area contributed by atoms with E-state index in [1.165, 1.54) is 12.1 Å². The molecule has 1 aliphatic rings. The molecule has 0 bridgehead atoms. The molecule has 2 unspecified atom stereocenters. The zero-order chi connectivity index (χ0) is 13.3. The van der Waals surface area contributed by atoms with Gasteiger partial charge in [0.05, 0.1) is 5.56 Å². The first-order valence-electron chi connectivity index (χ1n) is 6.02. The van der Waals surface area contributed by atoms with Crippen LogP contribution in [0.2, 0.25) is 5.02 Å². The summed E-state index contributed by atoms with van der Waals surface area (Å²) in [5.74, 6) is 0.163. The van der Waals surface area contributed by atoms with Gasteiger partial charge in [0.25, 0.3) is 5.91 Å². The number of carbonyl (C=O) groups excluding carboxylic acids is 1. The number of halogens is 1. The number of hydrogen-bond donors (Lipinski definition) is 2. The van der Waals surface area contributed by atoms with Crippen LogP contribution in [0.5, 0.6) is 5.75 Å². The molecule has 1 aromatic carbocycles. The lowest BCUT2D eigenvalue weighted by Gasteiger charge is -2.35. The lowest BCUT2D eigenvalue weighted by molar-refractivity contribution is 0.0669. The number of carbonyl (C=O) groups is 1. The van der Waals surface area contributed by atoms with Crippen molar-refractivity contribution >= 4 is 17.5 Å². The van der Waals surface area contributed by atoms with E-state index in [0.29, 0.717) is 24.0 Å². The molecule has 1 saturated heterocycles. The summed E-state index contributed by atoms with van der Waals surface area (Å²) >= 11 is 5.85. The minimum atomic E-state index is -0.211. The quantitative estimate of drug-likeness (QED) is 0.817. The van der Waals surface area contributed by atoms with Gasteiger partial charge in [-0.05, 0) is 30.5 Å². The lowest BCUT2D eigenvalue weighted by Crippen LogP contribution is -2.49. The van der Waals surface area contributed by atoms with Gasteiger partial charge < -0.3 is 15.7 Å². The zero-order valence-corrected chi connectivity index (χ0v) is 11.0. The average molecular weight is 269 g/mol. The van der Waals surface area contributed by atoms with Gasteiger partial charge in [0.15, 0.2) is 0 Å². The van der Waals surface area contributed by atoms with Crippen molar-refractivity contribution in [1.82, 2.24) is 4.90 Å². The minimum Gasteiger partial charge on any atom is -0.507 e. The van der Waals surface area contributed by atoms with E-state index in [0.717, 1.165) is 6.42 Å². The van der Waals surface area contributed by atoms with Crippen LogP contribution in [0.15, 0.2) is 18.2 Å². The highest BCUT2D eigenvalue weighted by atomic mass is 35.5. The Morgan fingerprint density at radius 1 is 1.56 bits per heavy atom. The van der Waals surface area contributed by atoms with Crippen LogP contribution >= 0.6 is 11.6 Å². The summed E-state index contributed by atoms with van der Waals surface area (Å²) in [7, 11) is 0. The Kier molecular flexibility index (Phi) is 3.78. The molecule has 5 heteroatoms. The lowest BCUT2D eigenvalue weighted by atomic mass is 9.94. The summed E-state index contributed by atoms with van der Waals surface area (Å²) in [5, 5.41) is 10.2. The summed E-state index contributed by atoms with van der Waals surface area (Å²) in [6, 6.07) is 4.46. The van der Waals surface area contributed by atoms with Crippen LogP contribution in [0.4, 0.5) is 0 Å². The Bertz CT molecular complexity index is 464. The Hall–Kier alpha value is -1.26. The molecular formula is C13H17ClN2O2. The number of aromatic hydroxyl groups is 1. The molecule has 2 rings (SSSR count). The van der Waals surface area contributed by atoms with Gasteiger partial charge in [-0.2, -0.15) is 0 Å². The highest BCUT2D eigenvalue weighted by Crippen LogP contribution is 2.25. The van der Waals surface area contributed by atoms with Gasteiger partial charge in [-0.3, -0.25) is 4.79 Å². The van der Waals surface area contributed by atoms with Crippen molar-refractivity contribution in [2.45, 2.75) is 19.4 Å². The summed E-state index contributed by atoms with van der Waals surface area (Å²) in [6.45, 7) is 3.27. The van der Waals surface area contributed by atoms with Crippen LogP contribution in [0, 0.1) is 5.92 Å². The van der Waals surface area contributed by atoms with E-state index in [1.54, 1.807) is 11.0 Å². The van der Waals surface area contributed by atoms with Gasteiger partial charge in [0.1, 0.15) is 5.75 Å². The third-order valence-corrected chi connectivity index (χ3v) is 3.73. The van der Waals surface area contributed by atoms with Gasteiger partial charge in [0, 0.05) is 24.2 Å². The van der Waals surface area contributed by atoms with Crippen molar-refractivity contribution in [3.63, 3.8) is 0 Å². The van der Waals surface area contributed by atoms with Gasteiger partial charge in [-0.25, -0.2) is 0 Å². The molecule has 1 fully saturated rings. The molecule has 1 aliphatic heterocycles. The van der Waals surface area contributed by atoms with Crippen molar-refractivity contribution in [3.05, 3.63) is 28.8 Å². The van der Waals surface area contributed by atoms with Crippen LogP contribution in [0.25, 0.3) is 0 Å². The number of nitrogens with two attached hydrogens (primary N) is 1. The number of phenolic OH excluding ortho intramolecular Hbond substituents is 1. The molecule has 0 aromatic heterocycles. The highest BCUT2D eigenvalue weighted by Gasteiger charge is 2.28. The second-order valence-electron chi connectivity index (χ2n) is 4.84. The topological polar surface area (TPSA) is 66.6 Å². The van der Waals surface area contributed by atoms with Crippen LogP contribution in [0.1, 0.15) is 23.7 Å². The Morgan fingerprint density at radius 2 is 2.28 bits per heavy atom. The minimum absolute atomic E-state index is 0.0102. The molecule has 98 valence electrons. The van der Waals surface area contributed by atoms with E-state index in [-0.39, 0.29) is 23.3 Å². The van der Waals surface area contributed by atoms with Crippen molar-refractivity contribution < 1.29 is 9.90 Å². The molecule has 1 heterocycles. The maximum Gasteiger partial charge on any atom is 0.257 e. The van der Waals surface area contributed by atoms with Gasteiger partial charge in [0.2, 0.25) is 0 Å². The zero-order valence-electron chi connectivity index (χ0n) is 10.3. The first-order chi connectivity index (χ1) is 8.49. The number of phenols is 1. The second-order valence-corrected chi connectivity index (χ2v) is 5.28. The fourth-order valence-corrected chi connectivity index (χ4v) is 2.31. The smallest absolute Gasteiger partial charge is 0.257 e. The second kappa shape index (κ2) is 5.16. The number of piperidine rings is 1. The van der Waals surface area contributed by atoms with Crippen molar-refractivity contribution in [2.24, 2.45) is 11.7 Å². The van der Waals surface area contributed by atoms with E-state index < -0.39 is 0 Å². The molecule has 1 amide bonds. The summed E-state index contributed by atoms with van der Waals surface area (Å²) < 4.78 is 0.